The highest BCUT2D eigenvalue weighted by Gasteiger charge is 2.20. The quantitative estimate of drug-likeness (QED) is 0.264. The highest BCUT2D eigenvalue weighted by molar-refractivity contribution is 7.98. The van der Waals surface area contributed by atoms with Crippen LogP contribution in [-0.2, 0) is 5.75 Å². The summed E-state index contributed by atoms with van der Waals surface area (Å²) in [5.74, 6) is 2.93. The third kappa shape index (κ3) is 4.14. The van der Waals surface area contributed by atoms with Gasteiger partial charge in [-0.15, -0.1) is 21.5 Å². The Morgan fingerprint density at radius 2 is 1.91 bits per heavy atom. The standard InChI is InChI=1S/C22H16ClN5O2S2/c1-29-17-6-3-2-5-16(17)21-25-26-22(28(21)15-10-8-14(23)9-11-15)32-13-19-24-20(27-30-19)18-7-4-12-31-18/h2-12H,13H2,1H3. The van der Waals surface area contributed by atoms with E-state index in [1.54, 1.807) is 18.4 Å². The van der Waals surface area contributed by atoms with Crippen LogP contribution in [0.4, 0.5) is 0 Å². The van der Waals surface area contributed by atoms with Crippen molar-refractivity contribution in [3.8, 4) is 33.5 Å². The molecule has 0 aliphatic heterocycles. The molecule has 0 aliphatic carbocycles. The van der Waals surface area contributed by atoms with Crippen LogP contribution in [0.5, 0.6) is 5.75 Å². The summed E-state index contributed by atoms with van der Waals surface area (Å²) in [6.07, 6.45) is 0. The Bertz CT molecular complexity index is 1330. The van der Waals surface area contributed by atoms with Crippen LogP contribution in [-0.4, -0.2) is 32.0 Å². The van der Waals surface area contributed by atoms with Gasteiger partial charge in [0, 0.05) is 10.7 Å². The Balaban J connectivity index is 1.49. The van der Waals surface area contributed by atoms with E-state index in [1.165, 1.54) is 11.8 Å². The minimum Gasteiger partial charge on any atom is -0.496 e. The van der Waals surface area contributed by atoms with Crippen LogP contribution in [0.25, 0.3) is 27.8 Å². The Hall–Kier alpha value is -3.14. The smallest absolute Gasteiger partial charge is 0.237 e. The first-order valence-corrected chi connectivity index (χ1v) is 11.8. The summed E-state index contributed by atoms with van der Waals surface area (Å²) in [6, 6.07) is 19.2. The predicted molar refractivity (Wildman–Crippen MR) is 126 cm³/mol. The monoisotopic (exact) mass is 481 g/mol. The number of hydrogen-bond acceptors (Lipinski definition) is 8. The lowest BCUT2D eigenvalue weighted by Crippen LogP contribution is -2.01. The summed E-state index contributed by atoms with van der Waals surface area (Å²) in [5, 5.41) is 16.3. The van der Waals surface area contributed by atoms with Crippen LogP contribution in [0.1, 0.15) is 5.89 Å². The molecule has 32 heavy (non-hydrogen) atoms. The maximum atomic E-state index is 6.11. The summed E-state index contributed by atoms with van der Waals surface area (Å²) in [5.41, 5.74) is 1.72. The zero-order valence-electron chi connectivity index (χ0n) is 16.8. The van der Waals surface area contributed by atoms with Gasteiger partial charge in [-0.3, -0.25) is 4.57 Å². The van der Waals surface area contributed by atoms with E-state index in [1.807, 2.05) is 70.6 Å². The number of thiophene rings is 1. The fraction of sp³-hybridized carbons (Fsp3) is 0.0909. The number of para-hydroxylation sites is 1. The van der Waals surface area contributed by atoms with Crippen molar-refractivity contribution in [2.24, 2.45) is 0 Å². The first-order valence-electron chi connectivity index (χ1n) is 9.57. The number of methoxy groups -OCH3 is 1. The molecule has 5 rings (SSSR count). The van der Waals surface area contributed by atoms with E-state index in [4.69, 9.17) is 20.9 Å². The molecule has 0 saturated heterocycles. The SMILES string of the molecule is COc1ccccc1-c1nnc(SCc2nc(-c3cccs3)no2)n1-c1ccc(Cl)cc1. The average Bonchev–Trinajstić information content (AvgIpc) is 3.59. The Morgan fingerprint density at radius 1 is 1.06 bits per heavy atom. The summed E-state index contributed by atoms with van der Waals surface area (Å²) in [4.78, 5) is 5.46. The van der Waals surface area contributed by atoms with Crippen LogP contribution in [0.15, 0.2) is 75.7 Å². The van der Waals surface area contributed by atoms with E-state index >= 15 is 0 Å². The zero-order valence-corrected chi connectivity index (χ0v) is 19.2. The number of benzene rings is 2. The number of aromatic nitrogens is 5. The molecular weight excluding hydrogens is 466 g/mol. The summed E-state index contributed by atoms with van der Waals surface area (Å²) in [6.45, 7) is 0. The van der Waals surface area contributed by atoms with Gasteiger partial charge >= 0.3 is 0 Å². The molecule has 0 spiro atoms. The molecule has 5 aromatic rings. The molecular formula is C22H16ClN5O2S2. The molecule has 2 aromatic carbocycles. The normalized spacial score (nSPS) is 11.1. The van der Waals surface area contributed by atoms with Crippen molar-refractivity contribution in [1.29, 1.82) is 0 Å². The molecule has 0 saturated carbocycles. The van der Waals surface area contributed by atoms with Gasteiger partial charge in [0.1, 0.15) is 5.75 Å². The lowest BCUT2D eigenvalue weighted by molar-refractivity contribution is 0.391. The number of rotatable bonds is 7. The van der Waals surface area contributed by atoms with Gasteiger partial charge in [0.2, 0.25) is 11.7 Å². The summed E-state index contributed by atoms with van der Waals surface area (Å²) < 4.78 is 12.9. The van der Waals surface area contributed by atoms with E-state index in [2.05, 4.69) is 20.3 Å². The van der Waals surface area contributed by atoms with Crippen molar-refractivity contribution in [2.45, 2.75) is 10.9 Å². The molecule has 3 heterocycles. The zero-order chi connectivity index (χ0) is 21.9. The molecule has 0 unspecified atom stereocenters. The molecule has 0 atom stereocenters. The molecule has 0 N–H and O–H groups in total. The number of thioether (sulfide) groups is 1. The Labute approximate surface area is 197 Å². The molecule has 10 heteroatoms. The number of nitrogens with zero attached hydrogens (tertiary/aromatic N) is 5. The molecule has 0 aliphatic rings. The third-order valence-corrected chi connectivity index (χ3v) is 6.63. The molecule has 0 radical (unpaired) electrons. The van der Waals surface area contributed by atoms with Gasteiger partial charge in [0.05, 0.1) is 23.3 Å². The largest absolute Gasteiger partial charge is 0.496 e. The highest BCUT2D eigenvalue weighted by atomic mass is 35.5. The van der Waals surface area contributed by atoms with Gasteiger partial charge in [-0.2, -0.15) is 4.98 Å². The number of ether oxygens (including phenoxy) is 1. The lowest BCUT2D eigenvalue weighted by atomic mass is 10.2. The lowest BCUT2D eigenvalue weighted by Gasteiger charge is -2.12. The van der Waals surface area contributed by atoms with E-state index < -0.39 is 0 Å². The second-order valence-corrected chi connectivity index (χ2v) is 8.92. The van der Waals surface area contributed by atoms with Crippen LogP contribution in [0, 0.1) is 0 Å². The Morgan fingerprint density at radius 3 is 2.69 bits per heavy atom. The first kappa shape index (κ1) is 20.7. The maximum Gasteiger partial charge on any atom is 0.237 e. The summed E-state index contributed by atoms with van der Waals surface area (Å²) >= 11 is 9.14. The molecule has 3 aromatic heterocycles. The molecule has 0 bridgehead atoms. The minimum atomic E-state index is 0.454. The molecule has 7 nitrogen and oxygen atoms in total. The van der Waals surface area contributed by atoms with Crippen molar-refractivity contribution in [3.63, 3.8) is 0 Å². The molecule has 0 amide bonds. The Kier molecular flexibility index (Phi) is 5.93. The van der Waals surface area contributed by atoms with E-state index in [0.717, 1.165) is 16.1 Å². The van der Waals surface area contributed by atoms with Gasteiger partial charge in [-0.25, -0.2) is 0 Å². The average molecular weight is 482 g/mol. The second-order valence-electron chi connectivity index (χ2n) is 6.60. The number of halogens is 1. The van der Waals surface area contributed by atoms with Crippen LogP contribution in [0.2, 0.25) is 5.02 Å². The van der Waals surface area contributed by atoms with Crippen LogP contribution in [0.3, 0.4) is 0 Å². The van der Waals surface area contributed by atoms with Crippen LogP contribution < -0.4 is 4.74 Å². The topological polar surface area (TPSA) is 78.9 Å². The van der Waals surface area contributed by atoms with E-state index in [-0.39, 0.29) is 0 Å². The van der Waals surface area contributed by atoms with Gasteiger partial charge < -0.3 is 9.26 Å². The predicted octanol–water partition coefficient (Wildman–Crippen LogP) is 6.00. The molecule has 0 fully saturated rings. The van der Waals surface area contributed by atoms with Crippen molar-refractivity contribution in [2.75, 3.05) is 7.11 Å². The van der Waals surface area contributed by atoms with Gasteiger partial charge in [0.15, 0.2) is 11.0 Å². The van der Waals surface area contributed by atoms with Crippen molar-refractivity contribution >= 4 is 34.7 Å². The highest BCUT2D eigenvalue weighted by Crippen LogP contribution is 2.34. The van der Waals surface area contributed by atoms with E-state index in [0.29, 0.717) is 39.2 Å². The van der Waals surface area contributed by atoms with Crippen molar-refractivity contribution < 1.29 is 9.26 Å². The first-order chi connectivity index (χ1) is 15.7. The van der Waals surface area contributed by atoms with Gasteiger partial charge in [-0.1, -0.05) is 46.7 Å². The number of hydrogen-bond donors (Lipinski definition) is 0. The van der Waals surface area contributed by atoms with E-state index in [9.17, 15) is 0 Å². The van der Waals surface area contributed by atoms with Crippen LogP contribution >= 0.6 is 34.7 Å². The van der Waals surface area contributed by atoms with Gasteiger partial charge in [-0.05, 0) is 47.8 Å². The van der Waals surface area contributed by atoms with Gasteiger partial charge in [0.25, 0.3) is 0 Å². The fourth-order valence-electron chi connectivity index (χ4n) is 3.14. The summed E-state index contributed by atoms with van der Waals surface area (Å²) in [7, 11) is 1.64. The van der Waals surface area contributed by atoms with Crippen molar-refractivity contribution in [1.82, 2.24) is 24.9 Å². The maximum absolute atomic E-state index is 6.11. The van der Waals surface area contributed by atoms with Crippen molar-refractivity contribution in [3.05, 3.63) is 77.0 Å². The third-order valence-electron chi connectivity index (χ3n) is 4.60. The second kappa shape index (κ2) is 9.15. The fourth-order valence-corrected chi connectivity index (χ4v) is 4.70. The molecule has 160 valence electrons. The minimum absolute atomic E-state index is 0.454.